The molecule has 0 radical (unpaired) electrons. The molecule has 7 nitrogen and oxygen atoms in total. The predicted octanol–water partition coefficient (Wildman–Crippen LogP) is 2.85. The summed E-state index contributed by atoms with van der Waals surface area (Å²) >= 11 is 1.19. The molecule has 9 heteroatoms. The van der Waals surface area contributed by atoms with Gasteiger partial charge in [-0.15, -0.1) is 5.10 Å². The summed E-state index contributed by atoms with van der Waals surface area (Å²) in [5, 5.41) is 14.8. The number of hydrogen-bond donors (Lipinski definition) is 1. The van der Waals surface area contributed by atoms with Crippen molar-refractivity contribution in [3.63, 3.8) is 0 Å². The molecule has 134 valence electrons. The second kappa shape index (κ2) is 7.96. The van der Waals surface area contributed by atoms with Gasteiger partial charge in [-0.3, -0.25) is 4.79 Å². The molecule has 1 aromatic heterocycles. The van der Waals surface area contributed by atoms with E-state index in [0.29, 0.717) is 22.3 Å². The van der Waals surface area contributed by atoms with Crippen LogP contribution >= 0.6 is 11.8 Å². The van der Waals surface area contributed by atoms with Gasteiger partial charge >= 0.3 is 0 Å². The van der Waals surface area contributed by atoms with Crippen LogP contribution in [0.4, 0.5) is 10.1 Å². The number of amides is 1. The van der Waals surface area contributed by atoms with E-state index >= 15 is 0 Å². The van der Waals surface area contributed by atoms with E-state index in [1.54, 1.807) is 7.11 Å². The fourth-order valence-corrected chi connectivity index (χ4v) is 2.93. The highest BCUT2D eigenvalue weighted by Gasteiger charge is 2.15. The Morgan fingerprint density at radius 3 is 2.77 bits per heavy atom. The standard InChI is InChI=1S/C17H16FN5O2S/c1-11-3-8-15(25-2)14(9-11)23-17(20-21-22-23)26-10-16(24)19-13-6-4-12(18)5-7-13/h3-9H,10H2,1-2H3,(H,19,24). The van der Waals surface area contributed by atoms with E-state index in [-0.39, 0.29) is 17.5 Å². The summed E-state index contributed by atoms with van der Waals surface area (Å²) in [4.78, 5) is 12.1. The Balaban J connectivity index is 1.70. The third-order valence-corrected chi connectivity index (χ3v) is 4.38. The lowest BCUT2D eigenvalue weighted by molar-refractivity contribution is -0.113. The summed E-state index contributed by atoms with van der Waals surface area (Å²) in [6.45, 7) is 1.95. The van der Waals surface area contributed by atoms with Crippen LogP contribution in [0.2, 0.25) is 0 Å². The molecular formula is C17H16FN5O2S. The number of nitrogens with zero attached hydrogens (tertiary/aromatic N) is 4. The number of hydrogen-bond acceptors (Lipinski definition) is 6. The Hall–Kier alpha value is -2.94. The van der Waals surface area contributed by atoms with Gasteiger partial charge in [0.2, 0.25) is 11.1 Å². The van der Waals surface area contributed by atoms with Gasteiger partial charge in [-0.25, -0.2) is 4.39 Å². The fraction of sp³-hybridized carbons (Fsp3) is 0.176. The number of benzene rings is 2. The SMILES string of the molecule is COc1ccc(C)cc1-n1nnnc1SCC(=O)Nc1ccc(F)cc1. The molecule has 1 N–H and O–H groups in total. The first-order valence-electron chi connectivity index (χ1n) is 7.68. The van der Waals surface area contributed by atoms with Crippen LogP contribution in [0.5, 0.6) is 5.75 Å². The van der Waals surface area contributed by atoms with Crippen molar-refractivity contribution < 1.29 is 13.9 Å². The molecule has 1 amide bonds. The van der Waals surface area contributed by atoms with E-state index < -0.39 is 0 Å². The molecule has 2 aromatic carbocycles. The number of halogens is 1. The number of aryl methyl sites for hydroxylation is 1. The van der Waals surface area contributed by atoms with Gasteiger partial charge < -0.3 is 10.1 Å². The van der Waals surface area contributed by atoms with E-state index in [9.17, 15) is 9.18 Å². The van der Waals surface area contributed by atoms with Crippen molar-refractivity contribution in [2.24, 2.45) is 0 Å². The van der Waals surface area contributed by atoms with Gasteiger partial charge in [-0.05, 0) is 59.3 Å². The lowest BCUT2D eigenvalue weighted by atomic mass is 10.2. The number of carbonyl (C=O) groups is 1. The molecule has 3 aromatic rings. The summed E-state index contributed by atoms with van der Waals surface area (Å²) in [7, 11) is 1.57. The van der Waals surface area contributed by atoms with Crippen molar-refractivity contribution in [3.8, 4) is 11.4 Å². The number of methoxy groups -OCH3 is 1. The Morgan fingerprint density at radius 2 is 2.04 bits per heavy atom. The highest BCUT2D eigenvalue weighted by Crippen LogP contribution is 2.27. The number of carbonyl (C=O) groups excluding carboxylic acids is 1. The largest absolute Gasteiger partial charge is 0.494 e. The Morgan fingerprint density at radius 1 is 1.27 bits per heavy atom. The Bertz CT molecular complexity index is 914. The van der Waals surface area contributed by atoms with Gasteiger partial charge in [0.1, 0.15) is 17.3 Å². The monoisotopic (exact) mass is 373 g/mol. The minimum atomic E-state index is -0.358. The topological polar surface area (TPSA) is 81.9 Å². The molecule has 0 unspecified atom stereocenters. The maximum Gasteiger partial charge on any atom is 0.234 e. The second-order valence-electron chi connectivity index (χ2n) is 5.39. The second-order valence-corrected chi connectivity index (χ2v) is 6.33. The van der Waals surface area contributed by atoms with Gasteiger partial charge in [0.25, 0.3) is 0 Å². The minimum Gasteiger partial charge on any atom is -0.494 e. The number of rotatable bonds is 6. The molecule has 1 heterocycles. The summed E-state index contributed by atoms with van der Waals surface area (Å²) in [5.41, 5.74) is 2.25. The highest BCUT2D eigenvalue weighted by molar-refractivity contribution is 7.99. The molecule has 0 aliphatic rings. The minimum absolute atomic E-state index is 0.103. The van der Waals surface area contributed by atoms with Crippen molar-refractivity contribution in [3.05, 3.63) is 53.8 Å². The molecule has 0 saturated carbocycles. The van der Waals surface area contributed by atoms with Gasteiger partial charge in [-0.2, -0.15) is 4.68 Å². The summed E-state index contributed by atoms with van der Waals surface area (Å²) in [5.74, 6) is 0.128. The molecule has 0 spiro atoms. The molecule has 26 heavy (non-hydrogen) atoms. The van der Waals surface area contributed by atoms with Gasteiger partial charge in [0.15, 0.2) is 0 Å². The number of tetrazole rings is 1. The molecule has 0 bridgehead atoms. The molecule has 0 saturated heterocycles. The number of nitrogens with one attached hydrogen (secondary N) is 1. The molecule has 0 aliphatic heterocycles. The van der Waals surface area contributed by atoms with Crippen LogP contribution in [-0.2, 0) is 4.79 Å². The van der Waals surface area contributed by atoms with Crippen LogP contribution in [0.15, 0.2) is 47.6 Å². The van der Waals surface area contributed by atoms with Crippen LogP contribution in [0, 0.1) is 12.7 Å². The average Bonchev–Trinajstić information content (AvgIpc) is 3.10. The lowest BCUT2D eigenvalue weighted by Gasteiger charge is -2.10. The maximum absolute atomic E-state index is 12.9. The van der Waals surface area contributed by atoms with Crippen molar-refractivity contribution in [2.45, 2.75) is 12.1 Å². The summed E-state index contributed by atoms with van der Waals surface area (Å²) < 4.78 is 19.8. The van der Waals surface area contributed by atoms with Gasteiger partial charge in [-0.1, -0.05) is 17.8 Å². The maximum atomic E-state index is 12.9. The van der Waals surface area contributed by atoms with E-state index in [0.717, 1.165) is 5.56 Å². The number of thioether (sulfide) groups is 1. The first kappa shape index (κ1) is 17.9. The van der Waals surface area contributed by atoms with Gasteiger partial charge in [0.05, 0.1) is 12.9 Å². The number of aromatic nitrogens is 4. The first-order valence-corrected chi connectivity index (χ1v) is 8.67. The summed E-state index contributed by atoms with van der Waals surface area (Å²) in [6, 6.07) is 11.2. The van der Waals surface area contributed by atoms with Crippen LogP contribution in [0.3, 0.4) is 0 Å². The Kier molecular flexibility index (Phi) is 5.47. The van der Waals surface area contributed by atoms with Crippen LogP contribution in [0.25, 0.3) is 5.69 Å². The van der Waals surface area contributed by atoms with E-state index in [4.69, 9.17) is 4.74 Å². The third-order valence-electron chi connectivity index (χ3n) is 3.46. The molecule has 0 aliphatic carbocycles. The molecular weight excluding hydrogens is 357 g/mol. The zero-order chi connectivity index (χ0) is 18.5. The fourth-order valence-electron chi connectivity index (χ4n) is 2.25. The Labute approximate surface area is 153 Å². The zero-order valence-electron chi connectivity index (χ0n) is 14.1. The van der Waals surface area contributed by atoms with Crippen molar-refractivity contribution in [1.29, 1.82) is 0 Å². The third kappa shape index (κ3) is 4.17. The molecule has 0 atom stereocenters. The van der Waals surface area contributed by atoms with E-state index in [1.165, 1.54) is 40.7 Å². The highest BCUT2D eigenvalue weighted by atomic mass is 32.2. The predicted molar refractivity (Wildman–Crippen MR) is 96.2 cm³/mol. The normalized spacial score (nSPS) is 10.6. The number of ether oxygens (including phenoxy) is 1. The zero-order valence-corrected chi connectivity index (χ0v) is 15.0. The van der Waals surface area contributed by atoms with Crippen molar-refractivity contribution >= 4 is 23.4 Å². The van der Waals surface area contributed by atoms with Crippen LogP contribution < -0.4 is 10.1 Å². The summed E-state index contributed by atoms with van der Waals surface area (Å²) in [6.07, 6.45) is 0. The lowest BCUT2D eigenvalue weighted by Crippen LogP contribution is -2.14. The molecule has 0 fully saturated rings. The van der Waals surface area contributed by atoms with Crippen LogP contribution in [0.1, 0.15) is 5.56 Å². The quantitative estimate of drug-likeness (QED) is 0.669. The first-order chi connectivity index (χ1) is 12.6. The smallest absolute Gasteiger partial charge is 0.234 e. The number of anilines is 1. The van der Waals surface area contributed by atoms with E-state index in [1.807, 2.05) is 25.1 Å². The van der Waals surface area contributed by atoms with Crippen LogP contribution in [-0.4, -0.2) is 39.0 Å². The van der Waals surface area contributed by atoms with Gasteiger partial charge in [0, 0.05) is 5.69 Å². The van der Waals surface area contributed by atoms with Crippen molar-refractivity contribution in [1.82, 2.24) is 20.2 Å². The average molecular weight is 373 g/mol. The van der Waals surface area contributed by atoms with Crippen molar-refractivity contribution in [2.75, 3.05) is 18.2 Å². The molecule has 3 rings (SSSR count). The van der Waals surface area contributed by atoms with E-state index in [2.05, 4.69) is 20.8 Å².